The molecule has 3 aromatic rings. The van der Waals surface area contributed by atoms with Crippen LogP contribution in [0.3, 0.4) is 0 Å². The van der Waals surface area contributed by atoms with Crippen molar-refractivity contribution in [3.8, 4) is 5.75 Å². The minimum absolute atomic E-state index is 0.204. The molecule has 0 aromatic heterocycles. The van der Waals surface area contributed by atoms with E-state index in [2.05, 4.69) is 0 Å². The van der Waals surface area contributed by atoms with Gasteiger partial charge in [0.25, 0.3) is 5.91 Å². The molecule has 29 heavy (non-hydrogen) atoms. The number of rotatable bonds is 5. The van der Waals surface area contributed by atoms with E-state index in [0.29, 0.717) is 22.4 Å². The smallest absolute Gasteiger partial charge is 0.290 e. The molecule has 1 unspecified atom stereocenters. The Kier molecular flexibility index (Phi) is 5.04. The fourth-order valence-electron chi connectivity index (χ4n) is 3.72. The molecule has 4 nitrogen and oxygen atoms in total. The van der Waals surface area contributed by atoms with Crippen molar-refractivity contribution < 1.29 is 19.0 Å². The second-order valence-corrected chi connectivity index (χ2v) is 6.84. The molecule has 1 atom stereocenters. The van der Waals surface area contributed by atoms with E-state index >= 15 is 0 Å². The SMILES string of the molecule is COc1cccc(CN2C(=O)C(O)=C(c3ccccc3)C2c2ccccc2F)c1. The van der Waals surface area contributed by atoms with Crippen molar-refractivity contribution in [2.45, 2.75) is 12.6 Å². The molecule has 3 aromatic carbocycles. The van der Waals surface area contributed by atoms with Crippen LogP contribution < -0.4 is 4.74 Å². The Hall–Kier alpha value is -3.60. The predicted octanol–water partition coefficient (Wildman–Crippen LogP) is 4.89. The molecule has 146 valence electrons. The summed E-state index contributed by atoms with van der Waals surface area (Å²) in [6.07, 6.45) is 0. The number of methoxy groups -OCH3 is 1. The molecule has 0 aliphatic carbocycles. The number of hydrogen-bond acceptors (Lipinski definition) is 3. The van der Waals surface area contributed by atoms with Crippen molar-refractivity contribution in [1.29, 1.82) is 0 Å². The first-order valence-corrected chi connectivity index (χ1v) is 9.27. The lowest BCUT2D eigenvalue weighted by molar-refractivity contribution is -0.130. The molecule has 0 bridgehead atoms. The highest BCUT2D eigenvalue weighted by Crippen LogP contribution is 2.44. The maximum Gasteiger partial charge on any atom is 0.290 e. The number of ether oxygens (including phenoxy) is 1. The van der Waals surface area contributed by atoms with E-state index < -0.39 is 17.8 Å². The highest BCUT2D eigenvalue weighted by atomic mass is 19.1. The summed E-state index contributed by atoms with van der Waals surface area (Å²) in [6, 6.07) is 22.0. The summed E-state index contributed by atoms with van der Waals surface area (Å²) < 4.78 is 20.0. The minimum atomic E-state index is -0.739. The van der Waals surface area contributed by atoms with Crippen molar-refractivity contribution >= 4 is 11.5 Å². The van der Waals surface area contributed by atoms with Gasteiger partial charge in [-0.2, -0.15) is 0 Å². The lowest BCUT2D eigenvalue weighted by Gasteiger charge is -2.28. The summed E-state index contributed by atoms with van der Waals surface area (Å²) in [5.74, 6) is -0.645. The molecule has 1 N–H and O–H groups in total. The summed E-state index contributed by atoms with van der Waals surface area (Å²) in [4.78, 5) is 14.5. The summed E-state index contributed by atoms with van der Waals surface area (Å²) in [6.45, 7) is 0.204. The molecule has 1 aliphatic rings. The van der Waals surface area contributed by atoms with Gasteiger partial charge in [0, 0.05) is 17.7 Å². The summed E-state index contributed by atoms with van der Waals surface area (Å²) in [5, 5.41) is 10.7. The van der Waals surface area contributed by atoms with Gasteiger partial charge in [-0.25, -0.2) is 4.39 Å². The van der Waals surface area contributed by atoms with Crippen LogP contribution >= 0.6 is 0 Å². The van der Waals surface area contributed by atoms with E-state index in [0.717, 1.165) is 5.56 Å². The van der Waals surface area contributed by atoms with Crippen molar-refractivity contribution in [1.82, 2.24) is 4.90 Å². The largest absolute Gasteiger partial charge is 0.503 e. The average Bonchev–Trinajstić information content (AvgIpc) is 2.99. The van der Waals surface area contributed by atoms with Gasteiger partial charge >= 0.3 is 0 Å². The molecule has 0 spiro atoms. The zero-order valence-corrected chi connectivity index (χ0v) is 15.9. The highest BCUT2D eigenvalue weighted by molar-refractivity contribution is 6.05. The average molecular weight is 389 g/mol. The summed E-state index contributed by atoms with van der Waals surface area (Å²) >= 11 is 0. The molecule has 5 heteroatoms. The van der Waals surface area contributed by atoms with Gasteiger partial charge in [-0.15, -0.1) is 0 Å². The molecule has 1 aliphatic heterocycles. The quantitative estimate of drug-likeness (QED) is 0.676. The van der Waals surface area contributed by atoms with Crippen molar-refractivity contribution in [2.75, 3.05) is 7.11 Å². The van der Waals surface area contributed by atoms with Gasteiger partial charge in [-0.1, -0.05) is 60.7 Å². The minimum Gasteiger partial charge on any atom is -0.503 e. The van der Waals surface area contributed by atoms with Crippen LogP contribution in [-0.4, -0.2) is 23.0 Å². The zero-order chi connectivity index (χ0) is 20.4. The van der Waals surface area contributed by atoms with Gasteiger partial charge in [0.15, 0.2) is 5.76 Å². The number of amides is 1. The lowest BCUT2D eigenvalue weighted by Crippen LogP contribution is -2.30. The number of carbonyl (C=O) groups is 1. The van der Waals surface area contributed by atoms with Gasteiger partial charge < -0.3 is 14.7 Å². The Morgan fingerprint density at radius 2 is 1.72 bits per heavy atom. The van der Waals surface area contributed by atoms with E-state index in [1.165, 1.54) is 11.0 Å². The number of nitrogens with zero attached hydrogens (tertiary/aromatic N) is 1. The third-order valence-corrected chi connectivity index (χ3v) is 5.08. The molecule has 1 amide bonds. The second kappa shape index (κ2) is 7.80. The van der Waals surface area contributed by atoms with Crippen LogP contribution in [0.2, 0.25) is 0 Å². The van der Waals surface area contributed by atoms with E-state index in [1.807, 2.05) is 54.6 Å². The monoisotopic (exact) mass is 389 g/mol. The molecule has 1 heterocycles. The molecule has 4 rings (SSSR count). The zero-order valence-electron chi connectivity index (χ0n) is 15.9. The Morgan fingerprint density at radius 3 is 2.45 bits per heavy atom. The standard InChI is InChI=1S/C24H20FNO3/c1-29-18-11-7-8-16(14-18)15-26-22(19-12-5-6-13-20(19)25)21(23(27)24(26)28)17-9-3-2-4-10-17/h2-14,22,27H,15H2,1H3. The van der Waals surface area contributed by atoms with Gasteiger partial charge in [-0.05, 0) is 29.3 Å². The highest BCUT2D eigenvalue weighted by Gasteiger charge is 2.42. The summed E-state index contributed by atoms with van der Waals surface area (Å²) in [5.41, 5.74) is 2.25. The van der Waals surface area contributed by atoms with Gasteiger partial charge in [0.2, 0.25) is 0 Å². The number of aliphatic hydroxyl groups is 1. The molecule has 0 saturated heterocycles. The number of benzene rings is 3. The Bertz CT molecular complexity index is 1080. The lowest BCUT2D eigenvalue weighted by atomic mass is 9.93. The molecule has 0 fully saturated rings. The topological polar surface area (TPSA) is 49.8 Å². The number of halogens is 1. The van der Waals surface area contributed by atoms with Crippen LogP contribution in [0, 0.1) is 5.82 Å². The normalized spacial score (nSPS) is 16.4. The van der Waals surface area contributed by atoms with Crippen LogP contribution in [0.1, 0.15) is 22.7 Å². The third kappa shape index (κ3) is 3.47. The number of hydrogen-bond donors (Lipinski definition) is 1. The van der Waals surface area contributed by atoms with Crippen molar-refractivity contribution in [3.05, 3.63) is 107 Å². The fraction of sp³-hybridized carbons (Fsp3) is 0.125. The Labute approximate surface area is 168 Å². The van der Waals surface area contributed by atoms with E-state index in [9.17, 15) is 14.3 Å². The first kappa shape index (κ1) is 18.7. The molecule has 0 radical (unpaired) electrons. The van der Waals surface area contributed by atoms with Crippen LogP contribution in [-0.2, 0) is 11.3 Å². The van der Waals surface area contributed by atoms with Crippen molar-refractivity contribution in [2.24, 2.45) is 0 Å². The fourth-order valence-corrected chi connectivity index (χ4v) is 3.72. The maximum absolute atomic E-state index is 14.8. The first-order chi connectivity index (χ1) is 14.1. The van der Waals surface area contributed by atoms with E-state index in [-0.39, 0.29) is 12.3 Å². The third-order valence-electron chi connectivity index (χ3n) is 5.08. The van der Waals surface area contributed by atoms with E-state index in [4.69, 9.17) is 4.74 Å². The van der Waals surface area contributed by atoms with Crippen LogP contribution in [0.4, 0.5) is 4.39 Å². The van der Waals surface area contributed by atoms with E-state index in [1.54, 1.807) is 25.3 Å². The van der Waals surface area contributed by atoms with Crippen LogP contribution in [0.25, 0.3) is 5.57 Å². The Morgan fingerprint density at radius 1 is 1.00 bits per heavy atom. The van der Waals surface area contributed by atoms with Gasteiger partial charge in [0.05, 0.1) is 13.2 Å². The summed E-state index contributed by atoms with van der Waals surface area (Å²) in [7, 11) is 1.57. The maximum atomic E-state index is 14.8. The van der Waals surface area contributed by atoms with Gasteiger partial charge in [-0.3, -0.25) is 4.79 Å². The molecule has 0 saturated carbocycles. The van der Waals surface area contributed by atoms with Gasteiger partial charge in [0.1, 0.15) is 11.6 Å². The molecular weight excluding hydrogens is 369 g/mol. The van der Waals surface area contributed by atoms with Crippen LogP contribution in [0.5, 0.6) is 5.75 Å². The predicted molar refractivity (Wildman–Crippen MR) is 109 cm³/mol. The Balaban J connectivity index is 1.82. The molecular formula is C24H20FNO3. The second-order valence-electron chi connectivity index (χ2n) is 6.84. The number of carbonyl (C=O) groups excluding carboxylic acids is 1. The number of aliphatic hydroxyl groups excluding tert-OH is 1. The first-order valence-electron chi connectivity index (χ1n) is 9.27. The van der Waals surface area contributed by atoms with Crippen molar-refractivity contribution in [3.63, 3.8) is 0 Å². The van der Waals surface area contributed by atoms with Crippen LogP contribution in [0.15, 0.2) is 84.6 Å².